The van der Waals surface area contributed by atoms with E-state index in [0.29, 0.717) is 0 Å². The van der Waals surface area contributed by atoms with E-state index in [1.54, 1.807) is 0 Å². The maximum absolute atomic E-state index is 4.72. The average molecular weight is 282 g/mol. The van der Waals surface area contributed by atoms with Gasteiger partial charge in [-0.1, -0.05) is 32.0 Å². The molecule has 0 aliphatic carbocycles. The molecule has 0 fully saturated rings. The molecule has 0 N–H and O–H groups in total. The van der Waals surface area contributed by atoms with Gasteiger partial charge in [-0.25, -0.2) is 0 Å². The summed E-state index contributed by atoms with van der Waals surface area (Å²) in [5.41, 5.74) is 5.92. The smallest absolute Gasteiger partial charge is 0.0706 e. The Morgan fingerprint density at radius 1 is 0.952 bits per heavy atom. The lowest BCUT2D eigenvalue weighted by atomic mass is 10.1. The lowest BCUT2D eigenvalue weighted by molar-refractivity contribution is 0.745. The van der Waals surface area contributed by atoms with E-state index >= 15 is 0 Å². The number of hydrogen-bond donors (Lipinski definition) is 0. The van der Waals surface area contributed by atoms with Crippen LogP contribution >= 0.6 is 0 Å². The third-order valence-electron chi connectivity index (χ3n) is 3.84. The molecule has 0 aliphatic heterocycles. The Labute approximate surface area is 128 Å². The summed E-state index contributed by atoms with van der Waals surface area (Å²) >= 11 is 0. The van der Waals surface area contributed by atoms with Gasteiger partial charge in [-0.15, -0.1) is 0 Å². The van der Waals surface area contributed by atoms with Gasteiger partial charge >= 0.3 is 0 Å². The van der Waals surface area contributed by atoms with Crippen LogP contribution in [0.4, 0.5) is 5.69 Å². The van der Waals surface area contributed by atoms with E-state index in [-0.39, 0.29) is 0 Å². The van der Waals surface area contributed by atoms with Gasteiger partial charge in [-0.2, -0.15) is 0 Å². The van der Waals surface area contributed by atoms with Crippen molar-refractivity contribution in [1.29, 1.82) is 0 Å². The van der Waals surface area contributed by atoms with Crippen molar-refractivity contribution in [3.8, 4) is 11.3 Å². The highest BCUT2D eigenvalue weighted by molar-refractivity contribution is 5.66. The first-order valence-electron chi connectivity index (χ1n) is 7.95. The summed E-state index contributed by atoms with van der Waals surface area (Å²) < 4.78 is 0. The monoisotopic (exact) mass is 282 g/mol. The van der Waals surface area contributed by atoms with Gasteiger partial charge in [0.15, 0.2) is 0 Å². The Morgan fingerprint density at radius 3 is 2.29 bits per heavy atom. The number of hydrogen-bond acceptors (Lipinski definition) is 2. The molecule has 0 unspecified atom stereocenters. The molecule has 0 radical (unpaired) electrons. The average Bonchev–Trinajstić information content (AvgIpc) is 2.50. The summed E-state index contributed by atoms with van der Waals surface area (Å²) in [6.07, 6.45) is 2.35. The summed E-state index contributed by atoms with van der Waals surface area (Å²) in [5.74, 6) is 0. The summed E-state index contributed by atoms with van der Waals surface area (Å²) in [6.45, 7) is 10.9. The molecule has 0 saturated carbocycles. The van der Waals surface area contributed by atoms with Gasteiger partial charge in [-0.3, -0.25) is 4.98 Å². The van der Waals surface area contributed by atoms with E-state index in [2.05, 4.69) is 69.0 Å². The Kier molecular flexibility index (Phi) is 5.38. The van der Waals surface area contributed by atoms with Crippen LogP contribution in [0.2, 0.25) is 0 Å². The third-order valence-corrected chi connectivity index (χ3v) is 3.84. The lowest BCUT2D eigenvalue weighted by Crippen LogP contribution is -2.24. The first kappa shape index (κ1) is 15.6. The second-order valence-corrected chi connectivity index (χ2v) is 5.64. The van der Waals surface area contributed by atoms with Crippen molar-refractivity contribution < 1.29 is 0 Å². The molecule has 0 bridgehead atoms. The van der Waals surface area contributed by atoms with E-state index in [1.165, 1.54) is 29.7 Å². The van der Waals surface area contributed by atoms with Crippen LogP contribution < -0.4 is 4.90 Å². The van der Waals surface area contributed by atoms with Gasteiger partial charge in [-0.05, 0) is 50.5 Å². The molecule has 112 valence electrons. The van der Waals surface area contributed by atoms with Crippen LogP contribution in [0.1, 0.15) is 37.9 Å². The largest absolute Gasteiger partial charge is 0.372 e. The molecule has 2 rings (SSSR count). The molecule has 0 atom stereocenters. The van der Waals surface area contributed by atoms with Crippen LogP contribution in [0.25, 0.3) is 11.3 Å². The van der Waals surface area contributed by atoms with Crippen molar-refractivity contribution in [3.05, 3.63) is 47.7 Å². The molecular weight excluding hydrogens is 256 g/mol. The molecule has 2 aromatic rings. The maximum atomic E-state index is 4.72. The van der Waals surface area contributed by atoms with Crippen LogP contribution in [-0.4, -0.2) is 18.1 Å². The van der Waals surface area contributed by atoms with Gasteiger partial charge in [0.2, 0.25) is 0 Å². The Hall–Kier alpha value is -1.83. The van der Waals surface area contributed by atoms with Crippen LogP contribution in [-0.2, 0) is 0 Å². The number of aromatic nitrogens is 1. The SMILES string of the molecule is CCCN(CCC)c1cccc(-c2ccc(C)c(C)n2)c1. The van der Waals surface area contributed by atoms with E-state index in [9.17, 15) is 0 Å². The van der Waals surface area contributed by atoms with Gasteiger partial charge in [0.1, 0.15) is 0 Å². The minimum absolute atomic E-state index is 1.06. The number of pyridine rings is 1. The molecule has 0 amide bonds. The zero-order chi connectivity index (χ0) is 15.2. The number of rotatable bonds is 6. The topological polar surface area (TPSA) is 16.1 Å². The Balaban J connectivity index is 2.33. The number of anilines is 1. The van der Waals surface area contributed by atoms with Gasteiger partial charge in [0.05, 0.1) is 5.69 Å². The van der Waals surface area contributed by atoms with Gasteiger partial charge < -0.3 is 4.90 Å². The highest BCUT2D eigenvalue weighted by atomic mass is 15.1. The highest BCUT2D eigenvalue weighted by Crippen LogP contribution is 2.24. The predicted octanol–water partition coefficient (Wildman–Crippen LogP) is 4.99. The zero-order valence-electron chi connectivity index (χ0n) is 13.7. The number of aryl methyl sites for hydroxylation is 2. The van der Waals surface area contributed by atoms with Crippen molar-refractivity contribution in [3.63, 3.8) is 0 Å². The summed E-state index contributed by atoms with van der Waals surface area (Å²) in [4.78, 5) is 7.18. The van der Waals surface area contributed by atoms with Gasteiger partial charge in [0.25, 0.3) is 0 Å². The number of nitrogens with zero attached hydrogens (tertiary/aromatic N) is 2. The molecule has 0 spiro atoms. The van der Waals surface area contributed by atoms with E-state index < -0.39 is 0 Å². The lowest BCUT2D eigenvalue weighted by Gasteiger charge is -2.24. The van der Waals surface area contributed by atoms with Crippen LogP contribution in [0.3, 0.4) is 0 Å². The van der Waals surface area contributed by atoms with Crippen molar-refractivity contribution in [2.24, 2.45) is 0 Å². The van der Waals surface area contributed by atoms with Crippen molar-refractivity contribution in [2.45, 2.75) is 40.5 Å². The fraction of sp³-hybridized carbons (Fsp3) is 0.421. The van der Waals surface area contributed by atoms with E-state index in [1.807, 2.05) is 0 Å². The van der Waals surface area contributed by atoms with E-state index in [4.69, 9.17) is 4.98 Å². The quantitative estimate of drug-likeness (QED) is 0.742. The molecule has 2 nitrogen and oxygen atoms in total. The third kappa shape index (κ3) is 3.84. The first-order valence-corrected chi connectivity index (χ1v) is 7.95. The standard InChI is InChI=1S/C19H26N2/c1-5-12-21(13-6-2)18-9-7-8-17(14-18)19-11-10-15(3)16(4)20-19/h7-11,14H,5-6,12-13H2,1-4H3. The van der Waals surface area contributed by atoms with E-state index in [0.717, 1.165) is 24.5 Å². The summed E-state index contributed by atoms with van der Waals surface area (Å²) in [5, 5.41) is 0. The first-order chi connectivity index (χ1) is 10.2. The fourth-order valence-electron chi connectivity index (χ4n) is 2.56. The van der Waals surface area contributed by atoms with Crippen LogP contribution in [0.5, 0.6) is 0 Å². The molecule has 1 aromatic heterocycles. The second kappa shape index (κ2) is 7.26. The minimum Gasteiger partial charge on any atom is -0.372 e. The maximum Gasteiger partial charge on any atom is 0.0706 e. The van der Waals surface area contributed by atoms with Crippen LogP contribution in [0.15, 0.2) is 36.4 Å². The normalized spacial score (nSPS) is 10.7. The molecular formula is C19H26N2. The molecule has 0 saturated heterocycles. The molecule has 21 heavy (non-hydrogen) atoms. The van der Waals surface area contributed by atoms with Crippen molar-refractivity contribution in [1.82, 2.24) is 4.98 Å². The zero-order valence-corrected chi connectivity index (χ0v) is 13.7. The number of benzene rings is 1. The fourth-order valence-corrected chi connectivity index (χ4v) is 2.56. The van der Waals surface area contributed by atoms with Crippen molar-refractivity contribution >= 4 is 5.69 Å². The Morgan fingerprint density at radius 2 is 1.67 bits per heavy atom. The second-order valence-electron chi connectivity index (χ2n) is 5.64. The van der Waals surface area contributed by atoms with Crippen molar-refractivity contribution in [2.75, 3.05) is 18.0 Å². The minimum atomic E-state index is 1.06. The predicted molar refractivity (Wildman–Crippen MR) is 91.9 cm³/mol. The van der Waals surface area contributed by atoms with Crippen LogP contribution in [0, 0.1) is 13.8 Å². The molecule has 0 aliphatic rings. The molecule has 2 heteroatoms. The summed E-state index contributed by atoms with van der Waals surface area (Å²) in [7, 11) is 0. The van der Waals surface area contributed by atoms with Gasteiger partial charge in [0, 0.05) is 30.0 Å². The Bertz CT molecular complexity index is 584. The molecule has 1 aromatic carbocycles. The molecule has 1 heterocycles. The summed E-state index contributed by atoms with van der Waals surface area (Å²) in [6, 6.07) is 13.0. The highest BCUT2D eigenvalue weighted by Gasteiger charge is 2.07.